The van der Waals surface area contributed by atoms with E-state index in [1.807, 2.05) is 27.7 Å². The smallest absolute Gasteiger partial charge is 0.290 e. The first-order valence-electron chi connectivity index (χ1n) is 9.50. The number of aliphatic hydroxyl groups excluding tert-OH is 1. The highest BCUT2D eigenvalue weighted by molar-refractivity contribution is 5.94. The number of aryl methyl sites for hydroxylation is 2. The Kier molecular flexibility index (Phi) is 5.88. The van der Waals surface area contributed by atoms with E-state index in [9.17, 15) is 14.7 Å². The Balaban J connectivity index is 1.71. The molecule has 1 saturated heterocycles. The highest BCUT2D eigenvalue weighted by Crippen LogP contribution is 2.20. The van der Waals surface area contributed by atoms with E-state index >= 15 is 0 Å². The number of rotatable bonds is 5. The molecule has 28 heavy (non-hydrogen) atoms. The minimum Gasteiger partial charge on any atom is -0.456 e. The maximum Gasteiger partial charge on any atom is 0.290 e. The fourth-order valence-electron chi connectivity index (χ4n) is 3.44. The number of carbonyl (C=O) groups excluding carboxylic acids is 2. The van der Waals surface area contributed by atoms with Crippen molar-refractivity contribution in [2.24, 2.45) is 5.92 Å². The normalized spacial score (nSPS) is 18.1. The van der Waals surface area contributed by atoms with Gasteiger partial charge in [-0.1, -0.05) is 19.0 Å². The van der Waals surface area contributed by atoms with Gasteiger partial charge in [-0.05, 0) is 31.9 Å². The van der Waals surface area contributed by atoms with Crippen molar-refractivity contribution < 1.29 is 23.6 Å². The molecule has 3 heterocycles. The van der Waals surface area contributed by atoms with Crippen LogP contribution in [-0.4, -0.2) is 64.2 Å². The number of aromatic nitrogens is 1. The van der Waals surface area contributed by atoms with Crippen molar-refractivity contribution in [1.29, 1.82) is 0 Å². The quantitative estimate of drug-likeness (QED) is 0.837. The summed E-state index contributed by atoms with van der Waals surface area (Å²) < 4.78 is 10.9. The van der Waals surface area contributed by atoms with Gasteiger partial charge in [0, 0.05) is 31.6 Å². The van der Waals surface area contributed by atoms with Gasteiger partial charge in [0.25, 0.3) is 5.91 Å². The van der Waals surface area contributed by atoms with E-state index in [1.165, 1.54) is 4.90 Å². The van der Waals surface area contributed by atoms with Gasteiger partial charge in [-0.2, -0.15) is 0 Å². The summed E-state index contributed by atoms with van der Waals surface area (Å²) in [6, 6.07) is 3.34. The first-order chi connectivity index (χ1) is 13.2. The number of hydrogen-bond acceptors (Lipinski definition) is 6. The molecule has 0 spiro atoms. The van der Waals surface area contributed by atoms with Crippen LogP contribution in [-0.2, 0) is 11.2 Å². The lowest BCUT2D eigenvalue weighted by Gasteiger charge is -2.23. The van der Waals surface area contributed by atoms with E-state index in [2.05, 4.69) is 5.16 Å². The second-order valence-electron chi connectivity index (χ2n) is 7.78. The van der Waals surface area contributed by atoms with Crippen LogP contribution < -0.4 is 0 Å². The number of nitrogens with zero attached hydrogens (tertiary/aromatic N) is 3. The molecular weight excluding hydrogens is 362 g/mol. The molecule has 0 bridgehead atoms. The van der Waals surface area contributed by atoms with E-state index in [4.69, 9.17) is 8.94 Å². The molecule has 0 aromatic carbocycles. The minimum atomic E-state index is -0.786. The van der Waals surface area contributed by atoms with Crippen LogP contribution >= 0.6 is 0 Å². The van der Waals surface area contributed by atoms with Crippen molar-refractivity contribution in [1.82, 2.24) is 15.0 Å². The van der Waals surface area contributed by atoms with Crippen molar-refractivity contribution in [2.45, 2.75) is 40.2 Å². The van der Waals surface area contributed by atoms with Crippen molar-refractivity contribution in [2.75, 3.05) is 26.2 Å². The zero-order chi connectivity index (χ0) is 20.4. The molecule has 1 aliphatic heterocycles. The van der Waals surface area contributed by atoms with Crippen LogP contribution in [0.4, 0.5) is 0 Å². The maximum absolute atomic E-state index is 12.8. The predicted octanol–water partition coefficient (Wildman–Crippen LogP) is 1.78. The Morgan fingerprint density at radius 3 is 2.71 bits per heavy atom. The lowest BCUT2D eigenvalue weighted by Crippen LogP contribution is -2.40. The fourth-order valence-corrected chi connectivity index (χ4v) is 3.44. The fraction of sp³-hybridized carbons (Fsp3) is 0.550. The van der Waals surface area contributed by atoms with Gasteiger partial charge in [0.05, 0.1) is 11.8 Å². The topological polar surface area (TPSA) is 100 Å². The van der Waals surface area contributed by atoms with Crippen LogP contribution in [0.3, 0.4) is 0 Å². The summed E-state index contributed by atoms with van der Waals surface area (Å²) in [7, 11) is 0. The molecule has 2 aromatic heterocycles. The molecule has 0 aliphatic carbocycles. The van der Waals surface area contributed by atoms with Crippen LogP contribution in [0, 0.1) is 19.8 Å². The van der Waals surface area contributed by atoms with Gasteiger partial charge in [-0.15, -0.1) is 0 Å². The number of amides is 2. The Labute approximate surface area is 164 Å². The summed E-state index contributed by atoms with van der Waals surface area (Å²) in [4.78, 5) is 28.3. The molecule has 152 valence electrons. The Morgan fingerprint density at radius 2 is 2.07 bits per heavy atom. The van der Waals surface area contributed by atoms with Crippen LogP contribution in [0.1, 0.15) is 47.2 Å². The second-order valence-corrected chi connectivity index (χ2v) is 7.78. The van der Waals surface area contributed by atoms with Gasteiger partial charge in [-0.3, -0.25) is 9.59 Å². The van der Waals surface area contributed by atoms with E-state index in [1.54, 1.807) is 17.0 Å². The van der Waals surface area contributed by atoms with E-state index in [-0.39, 0.29) is 37.2 Å². The Hall–Kier alpha value is -2.61. The minimum absolute atomic E-state index is 0.0670. The molecule has 8 nitrogen and oxygen atoms in total. The SMILES string of the molecule is Cc1noc(C)c1Cc1ccc(C(=O)N2CC(=O)N(CC(C)C)CC(O)C2)o1. The van der Waals surface area contributed by atoms with Crippen molar-refractivity contribution >= 4 is 11.8 Å². The Morgan fingerprint density at radius 1 is 1.32 bits per heavy atom. The van der Waals surface area contributed by atoms with Gasteiger partial charge in [-0.25, -0.2) is 0 Å². The van der Waals surface area contributed by atoms with Gasteiger partial charge in [0.2, 0.25) is 5.91 Å². The van der Waals surface area contributed by atoms with Crippen LogP contribution in [0.2, 0.25) is 0 Å². The summed E-state index contributed by atoms with van der Waals surface area (Å²) in [5.74, 6) is 1.20. The molecule has 8 heteroatoms. The van der Waals surface area contributed by atoms with E-state index in [0.717, 1.165) is 11.3 Å². The van der Waals surface area contributed by atoms with Gasteiger partial charge in [0.1, 0.15) is 18.1 Å². The van der Waals surface area contributed by atoms with Gasteiger partial charge >= 0.3 is 0 Å². The molecule has 2 aromatic rings. The summed E-state index contributed by atoms with van der Waals surface area (Å²) in [6.07, 6.45) is -0.316. The molecule has 1 aliphatic rings. The molecule has 1 atom stereocenters. The average molecular weight is 389 g/mol. The van der Waals surface area contributed by atoms with Gasteiger partial charge in [0.15, 0.2) is 5.76 Å². The zero-order valence-electron chi connectivity index (χ0n) is 16.8. The second kappa shape index (κ2) is 8.18. The predicted molar refractivity (Wildman–Crippen MR) is 101 cm³/mol. The first kappa shape index (κ1) is 20.1. The van der Waals surface area contributed by atoms with E-state index in [0.29, 0.717) is 24.5 Å². The monoisotopic (exact) mass is 389 g/mol. The maximum atomic E-state index is 12.8. The number of hydrogen-bond donors (Lipinski definition) is 1. The molecule has 1 unspecified atom stereocenters. The highest BCUT2D eigenvalue weighted by atomic mass is 16.5. The summed E-state index contributed by atoms with van der Waals surface area (Å²) in [5, 5.41) is 14.2. The first-order valence-corrected chi connectivity index (χ1v) is 9.50. The molecule has 3 rings (SSSR count). The largest absolute Gasteiger partial charge is 0.456 e. The molecule has 0 saturated carbocycles. The molecule has 0 radical (unpaired) electrons. The average Bonchev–Trinajstić information content (AvgIpc) is 3.18. The van der Waals surface area contributed by atoms with E-state index < -0.39 is 12.0 Å². The molecular formula is C20H27N3O5. The lowest BCUT2D eigenvalue weighted by atomic mass is 10.1. The highest BCUT2D eigenvalue weighted by Gasteiger charge is 2.31. The van der Waals surface area contributed by atoms with Crippen LogP contribution in [0.15, 0.2) is 21.1 Å². The Bertz CT molecular complexity index is 834. The lowest BCUT2D eigenvalue weighted by molar-refractivity contribution is -0.131. The molecule has 1 N–H and O–H groups in total. The summed E-state index contributed by atoms with van der Waals surface area (Å²) in [5.41, 5.74) is 1.71. The zero-order valence-corrected chi connectivity index (χ0v) is 16.8. The number of carbonyl (C=O) groups is 2. The summed E-state index contributed by atoms with van der Waals surface area (Å²) in [6.45, 7) is 8.52. The number of aliphatic hydroxyl groups is 1. The molecule has 1 fully saturated rings. The third-order valence-electron chi connectivity index (χ3n) is 4.82. The number of β-amino-alcohol motifs (C(OH)–C–C–N with tert-alkyl or cyclic N) is 1. The van der Waals surface area contributed by atoms with Crippen molar-refractivity contribution in [3.8, 4) is 0 Å². The third kappa shape index (κ3) is 4.44. The standard InChI is InChI=1S/C20H27N3O5/c1-12(2)8-22-9-15(24)10-23(11-19(22)25)20(26)18-6-5-16(27-18)7-17-13(3)21-28-14(17)4/h5-6,12,15,24H,7-11H2,1-4H3. The van der Waals surface area contributed by atoms with Crippen molar-refractivity contribution in [3.05, 3.63) is 40.7 Å². The molecule has 2 amide bonds. The summed E-state index contributed by atoms with van der Waals surface area (Å²) >= 11 is 0. The van der Waals surface area contributed by atoms with Gasteiger partial charge < -0.3 is 23.8 Å². The number of furan rings is 1. The third-order valence-corrected chi connectivity index (χ3v) is 4.82. The van der Waals surface area contributed by atoms with Crippen LogP contribution in [0.25, 0.3) is 0 Å². The van der Waals surface area contributed by atoms with Crippen LogP contribution in [0.5, 0.6) is 0 Å². The van der Waals surface area contributed by atoms with Crippen molar-refractivity contribution in [3.63, 3.8) is 0 Å².